The van der Waals surface area contributed by atoms with Crippen LogP contribution < -0.4 is 0 Å². The molecule has 5 nitrogen and oxygen atoms in total. The molecule has 0 saturated heterocycles. The second kappa shape index (κ2) is 13.7. The number of hydrogen-bond donors (Lipinski definition) is 0. The highest BCUT2D eigenvalue weighted by atomic mass is 32.1. The summed E-state index contributed by atoms with van der Waals surface area (Å²) in [5.41, 5.74) is 9.00. The molecule has 11 aromatic rings. The van der Waals surface area contributed by atoms with E-state index in [-0.39, 0.29) is 5.41 Å². The van der Waals surface area contributed by atoms with E-state index in [1.165, 1.54) is 83.0 Å². The highest BCUT2D eigenvalue weighted by molar-refractivity contribution is 7.27. The first-order valence-electron chi connectivity index (χ1n) is 22.3. The maximum absolute atomic E-state index is 5.48. The van der Waals surface area contributed by atoms with Gasteiger partial charge in [-0.2, -0.15) is 0 Å². The number of hydrogen-bond acceptors (Lipinski definition) is 4. The van der Waals surface area contributed by atoms with Gasteiger partial charge >= 0.3 is 0 Å². The first-order valence-corrected chi connectivity index (χ1v) is 23.1. The molecule has 2 fully saturated rings. The van der Waals surface area contributed by atoms with E-state index in [4.69, 9.17) is 15.0 Å². The molecule has 7 aromatic carbocycles. The minimum absolute atomic E-state index is 0.105. The van der Waals surface area contributed by atoms with Gasteiger partial charge in [0.15, 0.2) is 11.6 Å². The molecular weight excluding hydrogens is 775 g/mol. The third kappa shape index (κ3) is 5.42. The van der Waals surface area contributed by atoms with Crippen molar-refractivity contribution in [2.24, 2.45) is 17.8 Å². The summed E-state index contributed by atoms with van der Waals surface area (Å²) in [5, 5.41) is 7.65. The van der Waals surface area contributed by atoms with Crippen LogP contribution in [-0.4, -0.2) is 24.1 Å². The summed E-state index contributed by atoms with van der Waals surface area (Å²) in [5.74, 6) is 4.66. The molecule has 300 valence electrons. The monoisotopic (exact) mass is 819 g/mol. The summed E-state index contributed by atoms with van der Waals surface area (Å²) in [6, 6.07) is 57.2. The number of fused-ring (bicyclic) bond motifs is 14. The van der Waals surface area contributed by atoms with Crippen LogP contribution in [0.3, 0.4) is 0 Å². The van der Waals surface area contributed by atoms with Crippen LogP contribution in [0.5, 0.6) is 0 Å². The molecule has 13 rings (SSSR count). The van der Waals surface area contributed by atoms with Crippen molar-refractivity contribution in [1.82, 2.24) is 24.1 Å². The van der Waals surface area contributed by atoms with Crippen molar-refractivity contribution < 1.29 is 0 Å². The molecule has 0 amide bonds. The van der Waals surface area contributed by atoms with Crippen molar-refractivity contribution in [1.29, 1.82) is 0 Å². The summed E-state index contributed by atoms with van der Waals surface area (Å²) in [6.45, 7) is 4.87. The fraction of sp³-hybridized carbons (Fsp3) is 0.196. The number of benzene rings is 7. The lowest BCUT2D eigenvalue weighted by atomic mass is 9.59. The Labute approximate surface area is 364 Å². The first-order chi connectivity index (χ1) is 30.5. The van der Waals surface area contributed by atoms with Crippen molar-refractivity contribution in [2.75, 3.05) is 0 Å². The standard InChI is InChI=1S/C56H45N5S/c1-34-28-35-30-36(29-34)33-56(2,32-35)55-58-53(37-16-5-3-6-17-37)57-54(59-55)38-18-15-21-40(31-38)61-44-25-12-9-22-41(44)47-48-43-24-11-14-27-46(43)62-52(48)51-49(50(47)61)42-23-10-13-26-45(42)60(51)39-19-7-4-8-20-39/h3-27,31,34-36H,28-30,32-33H2,1-2H3. The van der Waals surface area contributed by atoms with Gasteiger partial charge in [0.1, 0.15) is 5.82 Å². The van der Waals surface area contributed by atoms with Crippen LogP contribution >= 0.6 is 11.3 Å². The summed E-state index contributed by atoms with van der Waals surface area (Å²) in [7, 11) is 0. The Balaban J connectivity index is 1.11. The molecular formula is C56H45N5S. The number of aromatic nitrogens is 5. The zero-order valence-corrected chi connectivity index (χ0v) is 35.7. The predicted molar refractivity (Wildman–Crippen MR) is 259 cm³/mol. The predicted octanol–water partition coefficient (Wildman–Crippen LogP) is 14.9. The maximum Gasteiger partial charge on any atom is 0.163 e. The van der Waals surface area contributed by atoms with E-state index in [9.17, 15) is 0 Å². The summed E-state index contributed by atoms with van der Waals surface area (Å²) < 4.78 is 7.63. The van der Waals surface area contributed by atoms with Crippen molar-refractivity contribution in [2.45, 2.75) is 51.4 Å². The Bertz CT molecular complexity index is 3540. The topological polar surface area (TPSA) is 48.5 Å². The van der Waals surface area contributed by atoms with Crippen LogP contribution in [-0.2, 0) is 5.41 Å². The van der Waals surface area contributed by atoms with Crippen LogP contribution in [0, 0.1) is 17.8 Å². The second-order valence-corrected chi connectivity index (χ2v) is 19.6. The van der Waals surface area contributed by atoms with E-state index in [1.807, 2.05) is 11.3 Å². The zero-order chi connectivity index (χ0) is 41.1. The van der Waals surface area contributed by atoms with E-state index < -0.39 is 0 Å². The van der Waals surface area contributed by atoms with Crippen LogP contribution in [0.4, 0.5) is 0 Å². The first kappa shape index (κ1) is 36.1. The van der Waals surface area contributed by atoms with E-state index in [0.717, 1.165) is 70.6 Å². The van der Waals surface area contributed by atoms with E-state index in [0.29, 0.717) is 0 Å². The maximum atomic E-state index is 5.48. The highest BCUT2D eigenvalue weighted by Gasteiger charge is 2.44. The van der Waals surface area contributed by atoms with Gasteiger partial charge in [0.25, 0.3) is 0 Å². The fourth-order valence-corrected chi connectivity index (χ4v) is 13.3. The zero-order valence-electron chi connectivity index (χ0n) is 34.9. The Morgan fingerprint density at radius 2 is 1.08 bits per heavy atom. The number of thiophene rings is 1. The lowest BCUT2D eigenvalue weighted by molar-refractivity contribution is 0.0857. The number of para-hydroxylation sites is 3. The van der Waals surface area contributed by atoms with Crippen molar-refractivity contribution in [3.63, 3.8) is 0 Å². The van der Waals surface area contributed by atoms with Gasteiger partial charge in [0.05, 0.1) is 26.8 Å². The molecule has 62 heavy (non-hydrogen) atoms. The third-order valence-electron chi connectivity index (χ3n) is 14.2. The Morgan fingerprint density at radius 3 is 1.81 bits per heavy atom. The summed E-state index contributed by atoms with van der Waals surface area (Å²) in [4.78, 5) is 16.1. The molecule has 2 atom stereocenters. The van der Waals surface area contributed by atoms with E-state index in [1.54, 1.807) is 0 Å². The molecule has 0 radical (unpaired) electrons. The molecule has 2 saturated carbocycles. The molecule has 4 heterocycles. The van der Waals surface area contributed by atoms with Gasteiger partial charge in [-0.25, -0.2) is 15.0 Å². The SMILES string of the molecule is CC1CC2CC(C1)CC(C)(c1nc(-c3ccccc3)nc(-c3cccc(-n4c5ccccc5c5c6c7ccccc7sc6c6c(c7ccccc7n6-c6ccccc6)c54)c3)n1)C2. The smallest absolute Gasteiger partial charge is 0.163 e. The Kier molecular flexibility index (Phi) is 7.96. The van der Waals surface area contributed by atoms with Gasteiger partial charge in [0.2, 0.25) is 0 Å². The minimum Gasteiger partial charge on any atom is -0.308 e. The van der Waals surface area contributed by atoms with Crippen molar-refractivity contribution in [3.8, 4) is 34.2 Å². The van der Waals surface area contributed by atoms with Crippen molar-refractivity contribution in [3.05, 3.63) is 164 Å². The normalized spacial score (nSPS) is 20.3. The number of nitrogens with zero attached hydrogens (tertiary/aromatic N) is 5. The molecule has 4 aromatic heterocycles. The van der Waals surface area contributed by atoms with Crippen LogP contribution in [0.25, 0.3) is 97.9 Å². The van der Waals surface area contributed by atoms with Gasteiger partial charge in [0, 0.05) is 64.9 Å². The molecule has 2 unspecified atom stereocenters. The molecule has 2 bridgehead atoms. The average molecular weight is 820 g/mol. The fourth-order valence-electron chi connectivity index (χ4n) is 12.0. The summed E-state index contributed by atoms with van der Waals surface area (Å²) in [6.07, 6.45) is 6.22. The van der Waals surface area contributed by atoms with Gasteiger partial charge in [-0.1, -0.05) is 129 Å². The second-order valence-electron chi connectivity index (χ2n) is 18.5. The van der Waals surface area contributed by atoms with Gasteiger partial charge in [-0.3, -0.25) is 0 Å². The molecule has 0 aliphatic heterocycles. The van der Waals surface area contributed by atoms with Crippen LogP contribution in [0.1, 0.15) is 51.8 Å². The van der Waals surface area contributed by atoms with Crippen LogP contribution in [0.2, 0.25) is 0 Å². The lowest BCUT2D eigenvalue weighted by Crippen LogP contribution is -2.40. The largest absolute Gasteiger partial charge is 0.308 e. The Morgan fingerprint density at radius 1 is 0.516 bits per heavy atom. The molecule has 2 aliphatic rings. The molecule has 0 spiro atoms. The minimum atomic E-state index is -0.105. The van der Waals surface area contributed by atoms with Crippen molar-refractivity contribution >= 4 is 75.1 Å². The average Bonchev–Trinajstić information content (AvgIpc) is 3.97. The third-order valence-corrected chi connectivity index (χ3v) is 15.4. The quantitative estimate of drug-likeness (QED) is 0.174. The number of rotatable bonds is 5. The summed E-state index contributed by atoms with van der Waals surface area (Å²) >= 11 is 1.91. The molecule has 0 N–H and O–H groups in total. The van der Waals surface area contributed by atoms with Gasteiger partial charge in [-0.05, 0) is 92.3 Å². The van der Waals surface area contributed by atoms with E-state index >= 15 is 0 Å². The lowest BCUT2D eigenvalue weighted by Gasteiger charge is -2.46. The van der Waals surface area contributed by atoms with E-state index in [2.05, 4.69) is 181 Å². The highest BCUT2D eigenvalue weighted by Crippen LogP contribution is 2.53. The van der Waals surface area contributed by atoms with Crippen LogP contribution in [0.15, 0.2) is 158 Å². The van der Waals surface area contributed by atoms with Gasteiger partial charge in [-0.15, -0.1) is 11.3 Å². The Hall–Kier alpha value is -6.63. The molecule has 2 aliphatic carbocycles. The molecule has 6 heteroatoms. The van der Waals surface area contributed by atoms with Gasteiger partial charge < -0.3 is 9.13 Å².